The molecule has 0 aliphatic carbocycles. The molecule has 1 fully saturated rings. The van der Waals surface area contributed by atoms with E-state index in [1.807, 2.05) is 0 Å². The molecule has 0 radical (unpaired) electrons. The quantitative estimate of drug-likeness (QED) is 0.788. The second-order valence-electron chi connectivity index (χ2n) is 5.35. The number of nitrogens with zero attached hydrogens (tertiary/aromatic N) is 2. The molecule has 1 aliphatic rings. The van der Waals surface area contributed by atoms with Gasteiger partial charge >= 0.3 is 7.12 Å². The lowest BCUT2D eigenvalue weighted by Crippen LogP contribution is -2.32. The summed E-state index contributed by atoms with van der Waals surface area (Å²) in [5, 5.41) is 19.1. The summed E-state index contributed by atoms with van der Waals surface area (Å²) in [6.45, 7) is -0.571. The third kappa shape index (κ3) is 2.67. The Labute approximate surface area is 125 Å². The normalized spacial score (nSPS) is 17.0. The molecule has 1 saturated heterocycles. The molecule has 0 spiro atoms. The number of rotatable bonds is 2. The third-order valence-electron chi connectivity index (χ3n) is 3.72. The lowest BCUT2D eigenvalue weighted by molar-refractivity contribution is 0.0120. The number of hydrogen-bond donors (Lipinski definition) is 2. The number of para-hydroxylation sites is 1. The molecule has 2 aromatic rings. The minimum absolute atomic E-state index is 0.0132. The molecular formula is C14H13BF2N2O3. The molecule has 2 heterocycles. The van der Waals surface area contributed by atoms with Gasteiger partial charge in [0.05, 0.1) is 17.6 Å². The zero-order valence-electron chi connectivity index (χ0n) is 11.5. The zero-order valence-corrected chi connectivity index (χ0v) is 11.5. The van der Waals surface area contributed by atoms with E-state index in [0.29, 0.717) is 10.9 Å². The minimum Gasteiger partial charge on any atom is -0.423 e. The van der Waals surface area contributed by atoms with E-state index in [2.05, 4.69) is 4.98 Å². The van der Waals surface area contributed by atoms with Gasteiger partial charge in [0.2, 0.25) is 0 Å². The summed E-state index contributed by atoms with van der Waals surface area (Å²) in [6.07, 6.45) is 0.938. The van der Waals surface area contributed by atoms with Crippen LogP contribution in [-0.4, -0.2) is 52.0 Å². The summed E-state index contributed by atoms with van der Waals surface area (Å²) in [4.78, 5) is 17.4. The first kappa shape index (κ1) is 14.9. The van der Waals surface area contributed by atoms with Crippen molar-refractivity contribution in [3.63, 3.8) is 0 Å². The Morgan fingerprint density at radius 2 is 2.14 bits per heavy atom. The van der Waals surface area contributed by atoms with E-state index >= 15 is 0 Å². The Balaban J connectivity index is 1.94. The number of alkyl halides is 2. The standard InChI is InChI=1S/C14H13BF2N2O3/c16-14(17)4-5-19(8-14)13(20)10-6-9-2-1-3-11(15(21)22)12(9)18-7-10/h1-3,6-7,21-22H,4-5,8H2. The van der Waals surface area contributed by atoms with Crippen molar-refractivity contribution in [1.29, 1.82) is 0 Å². The first-order valence-corrected chi connectivity index (χ1v) is 6.79. The molecule has 1 amide bonds. The third-order valence-corrected chi connectivity index (χ3v) is 3.72. The van der Waals surface area contributed by atoms with Crippen LogP contribution in [0, 0.1) is 0 Å². The Morgan fingerprint density at radius 3 is 2.77 bits per heavy atom. The maximum absolute atomic E-state index is 13.2. The highest BCUT2D eigenvalue weighted by Crippen LogP contribution is 2.28. The lowest BCUT2D eigenvalue weighted by Gasteiger charge is -2.16. The SMILES string of the molecule is O=C(c1cnc2c(B(O)O)cccc2c1)N1CCC(F)(F)C1. The molecule has 5 nitrogen and oxygen atoms in total. The van der Waals surface area contributed by atoms with E-state index in [1.165, 1.54) is 18.3 Å². The van der Waals surface area contributed by atoms with E-state index in [4.69, 9.17) is 0 Å². The van der Waals surface area contributed by atoms with Gasteiger partial charge in [-0.3, -0.25) is 9.78 Å². The lowest BCUT2D eigenvalue weighted by atomic mass is 9.79. The molecule has 1 aromatic heterocycles. The van der Waals surface area contributed by atoms with Gasteiger partial charge in [0.1, 0.15) is 0 Å². The maximum Gasteiger partial charge on any atom is 0.490 e. The summed E-state index contributed by atoms with van der Waals surface area (Å²) in [5.74, 6) is -3.34. The molecule has 22 heavy (non-hydrogen) atoms. The van der Waals surface area contributed by atoms with Crippen molar-refractivity contribution < 1.29 is 23.6 Å². The highest BCUT2D eigenvalue weighted by atomic mass is 19.3. The fourth-order valence-electron chi connectivity index (χ4n) is 2.60. The number of aromatic nitrogens is 1. The van der Waals surface area contributed by atoms with Crippen LogP contribution < -0.4 is 5.46 Å². The van der Waals surface area contributed by atoms with Crippen LogP contribution in [0.3, 0.4) is 0 Å². The van der Waals surface area contributed by atoms with Crippen LogP contribution in [0.1, 0.15) is 16.8 Å². The van der Waals surface area contributed by atoms with E-state index < -0.39 is 25.5 Å². The predicted molar refractivity (Wildman–Crippen MR) is 77.0 cm³/mol. The first-order valence-electron chi connectivity index (χ1n) is 6.79. The van der Waals surface area contributed by atoms with Crippen LogP contribution in [0.5, 0.6) is 0 Å². The van der Waals surface area contributed by atoms with Crippen molar-refractivity contribution in [2.75, 3.05) is 13.1 Å². The summed E-state index contributed by atoms with van der Waals surface area (Å²) in [6, 6.07) is 6.32. The molecule has 114 valence electrons. The molecule has 0 atom stereocenters. The van der Waals surface area contributed by atoms with Crippen molar-refractivity contribution in [2.45, 2.75) is 12.3 Å². The molecule has 8 heteroatoms. The molecular weight excluding hydrogens is 293 g/mol. The Hall–Kier alpha value is -2.06. The fourth-order valence-corrected chi connectivity index (χ4v) is 2.60. The number of carbonyl (C=O) groups excluding carboxylic acids is 1. The van der Waals surface area contributed by atoms with Gasteiger partial charge in [-0.2, -0.15) is 0 Å². The molecule has 1 aromatic carbocycles. The van der Waals surface area contributed by atoms with Gasteiger partial charge in [0, 0.05) is 30.0 Å². The van der Waals surface area contributed by atoms with E-state index in [9.17, 15) is 23.6 Å². The number of carbonyl (C=O) groups is 1. The van der Waals surface area contributed by atoms with Crippen molar-refractivity contribution in [1.82, 2.24) is 9.88 Å². The number of likely N-dealkylation sites (tertiary alicyclic amines) is 1. The smallest absolute Gasteiger partial charge is 0.423 e. The summed E-state index contributed by atoms with van der Waals surface area (Å²) >= 11 is 0. The second-order valence-corrected chi connectivity index (χ2v) is 5.35. The second kappa shape index (κ2) is 5.29. The Kier molecular flexibility index (Phi) is 3.58. The number of amides is 1. The highest BCUT2D eigenvalue weighted by Gasteiger charge is 2.40. The number of pyridine rings is 1. The van der Waals surface area contributed by atoms with Crippen LogP contribution in [0.15, 0.2) is 30.5 Å². The summed E-state index contributed by atoms with van der Waals surface area (Å²) in [7, 11) is -1.67. The van der Waals surface area contributed by atoms with Crippen molar-refractivity contribution in [3.05, 3.63) is 36.0 Å². The Bertz CT molecular complexity index is 739. The average Bonchev–Trinajstić information content (AvgIpc) is 2.85. The summed E-state index contributed by atoms with van der Waals surface area (Å²) < 4.78 is 26.4. The predicted octanol–water partition coefficient (Wildman–Crippen LogP) is 0.396. The largest absolute Gasteiger partial charge is 0.490 e. The van der Waals surface area contributed by atoms with Crippen LogP contribution in [-0.2, 0) is 0 Å². The molecule has 3 rings (SSSR count). The fraction of sp³-hybridized carbons (Fsp3) is 0.286. The highest BCUT2D eigenvalue weighted by molar-refractivity contribution is 6.61. The molecule has 0 saturated carbocycles. The van der Waals surface area contributed by atoms with Gasteiger partial charge in [-0.05, 0) is 6.07 Å². The van der Waals surface area contributed by atoms with Crippen LogP contribution in [0.2, 0.25) is 0 Å². The number of fused-ring (bicyclic) bond motifs is 1. The zero-order chi connectivity index (χ0) is 15.9. The van der Waals surface area contributed by atoms with Crippen LogP contribution >= 0.6 is 0 Å². The topological polar surface area (TPSA) is 73.7 Å². The summed E-state index contributed by atoms with van der Waals surface area (Å²) in [5.41, 5.74) is 0.791. The molecule has 2 N–H and O–H groups in total. The van der Waals surface area contributed by atoms with Gasteiger partial charge in [-0.25, -0.2) is 8.78 Å². The van der Waals surface area contributed by atoms with E-state index in [-0.39, 0.29) is 24.0 Å². The van der Waals surface area contributed by atoms with Crippen molar-refractivity contribution in [3.8, 4) is 0 Å². The van der Waals surface area contributed by atoms with Gasteiger partial charge in [-0.1, -0.05) is 18.2 Å². The van der Waals surface area contributed by atoms with Crippen molar-refractivity contribution in [2.24, 2.45) is 0 Å². The Morgan fingerprint density at radius 1 is 1.36 bits per heavy atom. The minimum atomic E-state index is -2.84. The van der Waals surface area contributed by atoms with Gasteiger partial charge in [0.25, 0.3) is 11.8 Å². The van der Waals surface area contributed by atoms with Gasteiger partial charge < -0.3 is 14.9 Å². The number of benzene rings is 1. The molecule has 0 bridgehead atoms. The first-order chi connectivity index (χ1) is 10.4. The maximum atomic E-state index is 13.2. The van der Waals surface area contributed by atoms with Gasteiger partial charge in [0.15, 0.2) is 0 Å². The van der Waals surface area contributed by atoms with Crippen LogP contribution in [0.4, 0.5) is 8.78 Å². The molecule has 0 unspecified atom stereocenters. The molecule has 1 aliphatic heterocycles. The monoisotopic (exact) mass is 306 g/mol. The van der Waals surface area contributed by atoms with E-state index in [0.717, 1.165) is 4.90 Å². The van der Waals surface area contributed by atoms with E-state index in [1.54, 1.807) is 12.1 Å². The van der Waals surface area contributed by atoms with Gasteiger partial charge in [-0.15, -0.1) is 0 Å². The number of hydrogen-bond acceptors (Lipinski definition) is 4. The van der Waals surface area contributed by atoms with Crippen LogP contribution in [0.25, 0.3) is 10.9 Å². The van der Waals surface area contributed by atoms with Crippen molar-refractivity contribution >= 4 is 29.4 Å². The average molecular weight is 306 g/mol. The number of halogens is 2.